The van der Waals surface area contributed by atoms with E-state index in [2.05, 4.69) is 24.4 Å². The molecular formula is C19H20N2O. The highest BCUT2D eigenvalue weighted by molar-refractivity contribution is 6.13. The molecule has 0 spiro atoms. The molecule has 1 amide bonds. The minimum Gasteiger partial charge on any atom is -0.350 e. The third kappa shape index (κ3) is 2.50. The van der Waals surface area contributed by atoms with E-state index in [1.54, 1.807) is 0 Å². The molecule has 112 valence electrons. The standard InChI is InChI=1S/C19H20N2O/c1-12-6-8-17(14(3)9-12)20-19(22)16-11-21(4)18-10-13(2)5-7-15(16)18/h5-11H,1-4H3,(H,20,22). The summed E-state index contributed by atoms with van der Waals surface area (Å²) in [4.78, 5) is 12.6. The third-order valence-electron chi connectivity index (χ3n) is 4.02. The number of hydrogen-bond acceptors (Lipinski definition) is 1. The molecule has 0 aliphatic rings. The molecule has 3 nitrogen and oxygen atoms in total. The molecule has 1 N–H and O–H groups in total. The molecule has 0 aliphatic carbocycles. The highest BCUT2D eigenvalue weighted by Gasteiger charge is 2.14. The lowest BCUT2D eigenvalue weighted by Crippen LogP contribution is -2.12. The number of benzene rings is 2. The van der Waals surface area contributed by atoms with Crippen LogP contribution in [0.4, 0.5) is 5.69 Å². The quantitative estimate of drug-likeness (QED) is 0.748. The molecule has 2 aromatic carbocycles. The summed E-state index contributed by atoms with van der Waals surface area (Å²) in [6.45, 7) is 6.11. The van der Waals surface area contributed by atoms with E-state index in [1.165, 1.54) is 11.1 Å². The van der Waals surface area contributed by atoms with Gasteiger partial charge in [-0.25, -0.2) is 0 Å². The zero-order chi connectivity index (χ0) is 15.9. The summed E-state index contributed by atoms with van der Waals surface area (Å²) in [7, 11) is 1.97. The molecule has 0 bridgehead atoms. The second-order valence-corrected chi connectivity index (χ2v) is 5.95. The number of hydrogen-bond donors (Lipinski definition) is 1. The van der Waals surface area contributed by atoms with Crippen LogP contribution in [0.3, 0.4) is 0 Å². The minimum absolute atomic E-state index is 0.0681. The molecule has 22 heavy (non-hydrogen) atoms. The largest absolute Gasteiger partial charge is 0.350 e. The van der Waals surface area contributed by atoms with Gasteiger partial charge in [-0.2, -0.15) is 0 Å². The number of anilines is 1. The first-order valence-electron chi connectivity index (χ1n) is 7.40. The summed E-state index contributed by atoms with van der Waals surface area (Å²) < 4.78 is 2.00. The number of fused-ring (bicyclic) bond motifs is 1. The molecule has 0 atom stereocenters. The maximum atomic E-state index is 12.6. The van der Waals surface area contributed by atoms with Crippen LogP contribution in [0, 0.1) is 20.8 Å². The molecule has 0 aliphatic heterocycles. The maximum Gasteiger partial charge on any atom is 0.257 e. The van der Waals surface area contributed by atoms with Gasteiger partial charge in [0.05, 0.1) is 5.56 Å². The van der Waals surface area contributed by atoms with Crippen LogP contribution in [0.25, 0.3) is 10.9 Å². The van der Waals surface area contributed by atoms with E-state index < -0.39 is 0 Å². The number of aryl methyl sites for hydroxylation is 4. The van der Waals surface area contributed by atoms with E-state index in [9.17, 15) is 4.79 Å². The monoisotopic (exact) mass is 292 g/mol. The number of amides is 1. The second kappa shape index (κ2) is 5.34. The Morgan fingerprint density at radius 3 is 2.41 bits per heavy atom. The molecule has 1 aromatic heterocycles. The van der Waals surface area contributed by atoms with Crippen LogP contribution >= 0.6 is 0 Å². The van der Waals surface area contributed by atoms with E-state index in [4.69, 9.17) is 0 Å². The molecule has 1 heterocycles. The Hall–Kier alpha value is -2.55. The van der Waals surface area contributed by atoms with Gasteiger partial charge in [0.1, 0.15) is 0 Å². The zero-order valence-electron chi connectivity index (χ0n) is 13.4. The summed E-state index contributed by atoms with van der Waals surface area (Å²) in [6, 6.07) is 12.2. The molecule has 0 fully saturated rings. The molecule has 0 radical (unpaired) electrons. The topological polar surface area (TPSA) is 34.0 Å². The minimum atomic E-state index is -0.0681. The van der Waals surface area contributed by atoms with Crippen molar-refractivity contribution >= 4 is 22.5 Å². The van der Waals surface area contributed by atoms with Crippen molar-refractivity contribution in [2.45, 2.75) is 20.8 Å². The normalized spacial score (nSPS) is 10.9. The van der Waals surface area contributed by atoms with Crippen LogP contribution in [0.1, 0.15) is 27.0 Å². The van der Waals surface area contributed by atoms with E-state index in [0.29, 0.717) is 5.56 Å². The van der Waals surface area contributed by atoms with Crippen molar-refractivity contribution in [2.24, 2.45) is 7.05 Å². The smallest absolute Gasteiger partial charge is 0.257 e. The first-order valence-corrected chi connectivity index (χ1v) is 7.40. The number of nitrogens with zero attached hydrogens (tertiary/aromatic N) is 1. The summed E-state index contributed by atoms with van der Waals surface area (Å²) in [5, 5.41) is 4.00. The van der Waals surface area contributed by atoms with E-state index >= 15 is 0 Å². The molecule has 0 saturated carbocycles. The molecular weight excluding hydrogens is 272 g/mol. The Morgan fingerprint density at radius 2 is 1.68 bits per heavy atom. The van der Waals surface area contributed by atoms with Gasteiger partial charge < -0.3 is 9.88 Å². The Labute approximate surface area is 130 Å². The SMILES string of the molecule is Cc1ccc(NC(=O)c2cn(C)c3cc(C)ccc23)c(C)c1. The van der Waals surface area contributed by atoms with Gasteiger partial charge >= 0.3 is 0 Å². The summed E-state index contributed by atoms with van der Waals surface area (Å²) in [5.41, 5.74) is 6.10. The fourth-order valence-corrected chi connectivity index (χ4v) is 2.82. The Balaban J connectivity index is 1.99. The van der Waals surface area contributed by atoms with Gasteiger partial charge in [-0.3, -0.25) is 4.79 Å². The van der Waals surface area contributed by atoms with Gasteiger partial charge in [0.25, 0.3) is 5.91 Å². The lowest BCUT2D eigenvalue weighted by Gasteiger charge is -2.08. The van der Waals surface area contributed by atoms with Crippen LogP contribution in [-0.2, 0) is 7.05 Å². The molecule has 3 rings (SSSR count). The fraction of sp³-hybridized carbons (Fsp3) is 0.211. The van der Waals surface area contributed by atoms with E-state index in [0.717, 1.165) is 22.2 Å². The summed E-state index contributed by atoms with van der Waals surface area (Å²) >= 11 is 0. The van der Waals surface area contributed by atoms with Crippen molar-refractivity contribution < 1.29 is 4.79 Å². The Morgan fingerprint density at radius 1 is 1.00 bits per heavy atom. The van der Waals surface area contributed by atoms with Gasteiger partial charge in [0, 0.05) is 29.8 Å². The number of nitrogens with one attached hydrogen (secondary N) is 1. The van der Waals surface area contributed by atoms with Crippen LogP contribution in [0.2, 0.25) is 0 Å². The number of rotatable bonds is 2. The zero-order valence-corrected chi connectivity index (χ0v) is 13.4. The van der Waals surface area contributed by atoms with Gasteiger partial charge in [-0.1, -0.05) is 29.8 Å². The van der Waals surface area contributed by atoms with Crippen molar-refractivity contribution in [1.29, 1.82) is 0 Å². The van der Waals surface area contributed by atoms with Crippen LogP contribution in [0.15, 0.2) is 42.6 Å². The lowest BCUT2D eigenvalue weighted by molar-refractivity contribution is 0.102. The Kier molecular flexibility index (Phi) is 3.49. The average molecular weight is 292 g/mol. The van der Waals surface area contributed by atoms with Crippen molar-refractivity contribution in [3.63, 3.8) is 0 Å². The first-order chi connectivity index (χ1) is 10.5. The van der Waals surface area contributed by atoms with Crippen molar-refractivity contribution in [2.75, 3.05) is 5.32 Å². The number of carbonyl (C=O) groups excluding carboxylic acids is 1. The van der Waals surface area contributed by atoms with Gasteiger partial charge in [-0.15, -0.1) is 0 Å². The van der Waals surface area contributed by atoms with Crippen molar-refractivity contribution in [1.82, 2.24) is 4.57 Å². The van der Waals surface area contributed by atoms with Gasteiger partial charge in [0.15, 0.2) is 0 Å². The molecule has 0 unspecified atom stereocenters. The number of carbonyl (C=O) groups is 1. The van der Waals surface area contributed by atoms with Crippen molar-refractivity contribution in [3.05, 3.63) is 64.8 Å². The first kappa shape index (κ1) is 14.4. The maximum absolute atomic E-state index is 12.6. The van der Waals surface area contributed by atoms with Crippen LogP contribution in [0.5, 0.6) is 0 Å². The van der Waals surface area contributed by atoms with Crippen LogP contribution < -0.4 is 5.32 Å². The summed E-state index contributed by atoms with van der Waals surface area (Å²) in [5.74, 6) is -0.0681. The lowest BCUT2D eigenvalue weighted by atomic mass is 10.1. The van der Waals surface area contributed by atoms with E-state index in [-0.39, 0.29) is 5.91 Å². The Bertz CT molecular complexity index is 875. The predicted octanol–water partition coefficient (Wildman–Crippen LogP) is 4.36. The average Bonchev–Trinajstić information content (AvgIpc) is 2.79. The third-order valence-corrected chi connectivity index (χ3v) is 4.02. The molecule has 3 heteroatoms. The van der Waals surface area contributed by atoms with Crippen molar-refractivity contribution in [3.8, 4) is 0 Å². The molecule has 0 saturated heterocycles. The highest BCUT2D eigenvalue weighted by atomic mass is 16.1. The number of aromatic nitrogens is 1. The van der Waals surface area contributed by atoms with Gasteiger partial charge in [0.2, 0.25) is 0 Å². The molecule has 3 aromatic rings. The van der Waals surface area contributed by atoms with Crippen LogP contribution in [-0.4, -0.2) is 10.5 Å². The fourth-order valence-electron chi connectivity index (χ4n) is 2.82. The predicted molar refractivity (Wildman–Crippen MR) is 91.5 cm³/mol. The highest BCUT2D eigenvalue weighted by Crippen LogP contribution is 2.24. The summed E-state index contributed by atoms with van der Waals surface area (Å²) in [6.07, 6.45) is 1.89. The second-order valence-electron chi connectivity index (χ2n) is 5.95. The van der Waals surface area contributed by atoms with E-state index in [1.807, 2.05) is 55.9 Å². The van der Waals surface area contributed by atoms with Gasteiger partial charge in [-0.05, 0) is 44.0 Å².